The Balaban J connectivity index is 0.00000106. The summed E-state index contributed by atoms with van der Waals surface area (Å²) < 4.78 is 17.6. The first-order valence-corrected chi connectivity index (χ1v) is 7.35. The number of piperidine rings is 1. The summed E-state index contributed by atoms with van der Waals surface area (Å²) in [5, 5.41) is 9.50. The number of ether oxygens (including phenoxy) is 1. The number of nitrogens with zero attached hydrogens (tertiary/aromatic N) is 1. The van der Waals surface area contributed by atoms with Crippen LogP contribution in [0.1, 0.15) is 31.7 Å². The van der Waals surface area contributed by atoms with Crippen molar-refractivity contribution in [2.24, 2.45) is 5.92 Å². The summed E-state index contributed by atoms with van der Waals surface area (Å²) in [6.45, 7) is 5.05. The van der Waals surface area contributed by atoms with Crippen molar-refractivity contribution in [2.75, 3.05) is 26.8 Å². The first-order chi connectivity index (χ1) is 10.2. The number of carbonyl (C=O) groups is 1. The molecule has 21 heavy (non-hydrogen) atoms. The lowest BCUT2D eigenvalue weighted by Gasteiger charge is -2.37. The van der Waals surface area contributed by atoms with Crippen molar-refractivity contribution in [3.05, 3.63) is 35.6 Å². The minimum absolute atomic E-state index is 0.00443. The number of hydrogen-bond acceptors (Lipinski definition) is 3. The van der Waals surface area contributed by atoms with Gasteiger partial charge in [-0.05, 0) is 30.0 Å². The van der Waals surface area contributed by atoms with Gasteiger partial charge < -0.3 is 14.7 Å². The van der Waals surface area contributed by atoms with E-state index in [4.69, 9.17) is 4.74 Å². The number of aliphatic hydroxyl groups is 1. The summed E-state index contributed by atoms with van der Waals surface area (Å²) >= 11 is 0. The maximum Gasteiger partial charge on any atom is 0.409 e. The van der Waals surface area contributed by atoms with Gasteiger partial charge in [0, 0.05) is 25.6 Å². The number of methoxy groups -OCH3 is 1. The Labute approximate surface area is 125 Å². The number of benzene rings is 1. The molecule has 0 saturated carbocycles. The predicted molar refractivity (Wildman–Crippen MR) is 79.7 cm³/mol. The van der Waals surface area contributed by atoms with Crippen LogP contribution in [-0.4, -0.2) is 42.9 Å². The van der Waals surface area contributed by atoms with Gasteiger partial charge in [0.1, 0.15) is 5.82 Å². The Hall–Kier alpha value is -1.62. The van der Waals surface area contributed by atoms with E-state index in [0.29, 0.717) is 13.1 Å². The normalized spacial score (nSPS) is 21.3. The lowest BCUT2D eigenvalue weighted by atomic mass is 9.81. The molecule has 1 N–H and O–H groups in total. The second-order valence-electron chi connectivity index (χ2n) is 4.81. The zero-order chi connectivity index (χ0) is 15.8. The molecule has 1 amide bonds. The van der Waals surface area contributed by atoms with Crippen LogP contribution in [0, 0.1) is 11.7 Å². The fourth-order valence-corrected chi connectivity index (χ4v) is 2.66. The number of hydrogen-bond donors (Lipinski definition) is 1. The molecule has 118 valence electrons. The molecule has 2 unspecified atom stereocenters. The van der Waals surface area contributed by atoms with Crippen molar-refractivity contribution in [1.29, 1.82) is 0 Å². The van der Waals surface area contributed by atoms with E-state index >= 15 is 0 Å². The molecule has 2 atom stereocenters. The van der Waals surface area contributed by atoms with Crippen LogP contribution in [0.15, 0.2) is 24.3 Å². The van der Waals surface area contributed by atoms with Crippen molar-refractivity contribution >= 4 is 6.09 Å². The number of halogens is 1. The van der Waals surface area contributed by atoms with Crippen LogP contribution in [0.2, 0.25) is 0 Å². The van der Waals surface area contributed by atoms with Gasteiger partial charge in [-0.2, -0.15) is 0 Å². The molecule has 0 bridgehead atoms. The summed E-state index contributed by atoms with van der Waals surface area (Å²) in [5.41, 5.74) is 1.00. The van der Waals surface area contributed by atoms with Crippen molar-refractivity contribution in [3.8, 4) is 0 Å². The summed E-state index contributed by atoms with van der Waals surface area (Å²) in [7, 11) is 1.35. The highest BCUT2D eigenvalue weighted by Gasteiger charge is 2.32. The van der Waals surface area contributed by atoms with Crippen LogP contribution in [0.3, 0.4) is 0 Å². The molecule has 1 aromatic rings. The van der Waals surface area contributed by atoms with E-state index in [1.165, 1.54) is 19.2 Å². The van der Waals surface area contributed by atoms with Crippen LogP contribution in [0.4, 0.5) is 9.18 Å². The molecular weight excluding hydrogens is 273 g/mol. The van der Waals surface area contributed by atoms with Gasteiger partial charge in [0.05, 0.1) is 7.11 Å². The van der Waals surface area contributed by atoms with Crippen LogP contribution in [-0.2, 0) is 4.74 Å². The third-order valence-electron chi connectivity index (χ3n) is 3.70. The minimum Gasteiger partial charge on any atom is -0.453 e. The quantitative estimate of drug-likeness (QED) is 0.913. The van der Waals surface area contributed by atoms with E-state index in [0.717, 1.165) is 12.0 Å². The zero-order valence-electron chi connectivity index (χ0n) is 12.9. The minimum atomic E-state index is -0.365. The third kappa shape index (κ3) is 4.43. The number of aliphatic hydroxyl groups excluding tert-OH is 1. The van der Waals surface area contributed by atoms with Crippen molar-refractivity contribution in [3.63, 3.8) is 0 Å². The topological polar surface area (TPSA) is 49.8 Å². The molecule has 4 nitrogen and oxygen atoms in total. The van der Waals surface area contributed by atoms with E-state index in [1.807, 2.05) is 13.8 Å². The Morgan fingerprint density at radius 2 is 2.00 bits per heavy atom. The fraction of sp³-hybridized carbons (Fsp3) is 0.562. The maximum atomic E-state index is 12.9. The van der Waals surface area contributed by atoms with Gasteiger partial charge in [-0.15, -0.1) is 0 Å². The molecule has 1 heterocycles. The Kier molecular flexibility index (Phi) is 7.15. The van der Waals surface area contributed by atoms with Crippen molar-refractivity contribution in [1.82, 2.24) is 4.90 Å². The molecule has 1 aromatic carbocycles. The highest BCUT2D eigenvalue weighted by Crippen LogP contribution is 2.33. The Morgan fingerprint density at radius 3 is 2.52 bits per heavy atom. The molecule has 5 heteroatoms. The maximum absolute atomic E-state index is 12.9. The van der Waals surface area contributed by atoms with Crippen LogP contribution in [0.25, 0.3) is 0 Å². The average molecular weight is 297 g/mol. The van der Waals surface area contributed by atoms with Gasteiger partial charge in [0.25, 0.3) is 0 Å². The standard InChI is InChI=1S/C14H18FNO3.C2H6/c1-19-14(18)16-7-6-13(11(8-16)9-17)10-2-4-12(15)5-3-10;1-2/h2-5,11,13,17H,6-9H2,1H3;1-2H3. The van der Waals surface area contributed by atoms with E-state index in [1.54, 1.807) is 17.0 Å². The van der Waals surface area contributed by atoms with E-state index in [9.17, 15) is 14.3 Å². The summed E-state index contributed by atoms with van der Waals surface area (Å²) in [6, 6.07) is 6.35. The second-order valence-corrected chi connectivity index (χ2v) is 4.81. The molecule has 0 aromatic heterocycles. The molecule has 0 aliphatic carbocycles. The van der Waals surface area contributed by atoms with Gasteiger partial charge in [0.2, 0.25) is 0 Å². The summed E-state index contributed by atoms with van der Waals surface area (Å²) in [5.74, 6) is -0.166. The highest BCUT2D eigenvalue weighted by molar-refractivity contribution is 5.67. The molecule has 1 aliphatic rings. The largest absolute Gasteiger partial charge is 0.453 e. The number of carbonyl (C=O) groups excluding carboxylic acids is 1. The van der Waals surface area contributed by atoms with E-state index in [2.05, 4.69) is 0 Å². The lowest BCUT2D eigenvalue weighted by molar-refractivity contribution is 0.0773. The lowest BCUT2D eigenvalue weighted by Crippen LogP contribution is -2.44. The molecule has 2 rings (SSSR count). The second kappa shape index (κ2) is 8.62. The van der Waals surface area contributed by atoms with E-state index < -0.39 is 0 Å². The number of rotatable bonds is 2. The number of likely N-dealkylation sites (tertiary alicyclic amines) is 1. The van der Waals surface area contributed by atoms with Gasteiger partial charge in [-0.25, -0.2) is 9.18 Å². The van der Waals surface area contributed by atoms with Crippen molar-refractivity contribution < 1.29 is 19.0 Å². The molecule has 1 fully saturated rings. The Morgan fingerprint density at radius 1 is 1.38 bits per heavy atom. The first-order valence-electron chi connectivity index (χ1n) is 7.35. The molecule has 1 aliphatic heterocycles. The monoisotopic (exact) mass is 297 g/mol. The van der Waals surface area contributed by atoms with Gasteiger partial charge in [-0.3, -0.25) is 0 Å². The van der Waals surface area contributed by atoms with Gasteiger partial charge >= 0.3 is 6.09 Å². The third-order valence-corrected chi connectivity index (χ3v) is 3.70. The molecule has 1 saturated heterocycles. The Bertz CT molecular complexity index is 436. The van der Waals surface area contributed by atoms with E-state index in [-0.39, 0.29) is 30.4 Å². The summed E-state index contributed by atoms with van der Waals surface area (Å²) in [6.07, 6.45) is 0.377. The van der Waals surface area contributed by atoms with Crippen LogP contribution in [0.5, 0.6) is 0 Å². The van der Waals surface area contributed by atoms with Crippen LogP contribution >= 0.6 is 0 Å². The first kappa shape index (κ1) is 17.4. The smallest absolute Gasteiger partial charge is 0.409 e. The molecule has 0 radical (unpaired) electrons. The molecule has 0 spiro atoms. The summed E-state index contributed by atoms with van der Waals surface area (Å²) in [4.78, 5) is 13.1. The zero-order valence-corrected chi connectivity index (χ0v) is 12.9. The van der Waals surface area contributed by atoms with Gasteiger partial charge in [-0.1, -0.05) is 26.0 Å². The molecular formula is C16H24FNO3. The number of amides is 1. The van der Waals surface area contributed by atoms with Gasteiger partial charge in [0.15, 0.2) is 0 Å². The highest BCUT2D eigenvalue weighted by atomic mass is 19.1. The van der Waals surface area contributed by atoms with Crippen molar-refractivity contribution in [2.45, 2.75) is 26.2 Å². The van der Waals surface area contributed by atoms with Crippen LogP contribution < -0.4 is 0 Å². The fourth-order valence-electron chi connectivity index (χ4n) is 2.66. The predicted octanol–water partition coefficient (Wildman–Crippen LogP) is 3.02. The SMILES string of the molecule is CC.COC(=O)N1CCC(c2ccc(F)cc2)C(CO)C1. The average Bonchev–Trinajstić information content (AvgIpc) is 2.56.